The number of pyridine rings is 1. The fraction of sp³-hybridized carbons (Fsp3) is 0.389. The van der Waals surface area contributed by atoms with Crippen molar-refractivity contribution in [2.75, 3.05) is 13.2 Å². The van der Waals surface area contributed by atoms with Crippen LogP contribution in [0.2, 0.25) is 0 Å². The Labute approximate surface area is 136 Å². The summed E-state index contributed by atoms with van der Waals surface area (Å²) in [5.41, 5.74) is 6.50. The van der Waals surface area contributed by atoms with Crippen molar-refractivity contribution in [2.24, 2.45) is 5.73 Å². The van der Waals surface area contributed by atoms with Gasteiger partial charge in [-0.05, 0) is 45.0 Å². The molecule has 5 nitrogen and oxygen atoms in total. The molecule has 0 fully saturated rings. The van der Waals surface area contributed by atoms with E-state index in [0.29, 0.717) is 25.5 Å². The second-order valence-electron chi connectivity index (χ2n) is 6.30. The highest BCUT2D eigenvalue weighted by Crippen LogP contribution is 2.11. The predicted octanol–water partition coefficient (Wildman–Crippen LogP) is 2.35. The molecule has 0 aliphatic rings. The Morgan fingerprint density at radius 2 is 1.74 bits per heavy atom. The molecule has 0 saturated carbocycles. The number of aromatic nitrogens is 1. The molecule has 0 spiro atoms. The Morgan fingerprint density at radius 1 is 1.09 bits per heavy atom. The number of rotatable bonds is 7. The van der Waals surface area contributed by atoms with E-state index in [-0.39, 0.29) is 5.56 Å². The van der Waals surface area contributed by atoms with Crippen molar-refractivity contribution in [2.45, 2.75) is 32.9 Å². The molecule has 1 heterocycles. The van der Waals surface area contributed by atoms with E-state index in [1.807, 2.05) is 45.0 Å². The molecule has 0 unspecified atom stereocenters. The fourth-order valence-corrected chi connectivity index (χ4v) is 2.13. The topological polar surface area (TPSA) is 66.5 Å². The number of hydrogen-bond acceptors (Lipinski definition) is 4. The highest BCUT2D eigenvalue weighted by atomic mass is 16.5. The maximum Gasteiger partial charge on any atom is 0.292 e. The normalized spacial score (nSPS) is 11.3. The smallest absolute Gasteiger partial charge is 0.292 e. The second kappa shape index (κ2) is 7.33. The van der Waals surface area contributed by atoms with Crippen LogP contribution in [-0.2, 0) is 6.54 Å². The van der Waals surface area contributed by atoms with Gasteiger partial charge in [0.05, 0.1) is 0 Å². The molecule has 1 aromatic carbocycles. The van der Waals surface area contributed by atoms with Crippen LogP contribution in [0.4, 0.5) is 0 Å². The van der Waals surface area contributed by atoms with Gasteiger partial charge in [0, 0.05) is 18.3 Å². The summed E-state index contributed by atoms with van der Waals surface area (Å²) in [7, 11) is 0. The number of hydrogen-bond donors (Lipinski definition) is 1. The predicted molar refractivity (Wildman–Crippen MR) is 91.1 cm³/mol. The van der Waals surface area contributed by atoms with E-state index in [2.05, 4.69) is 0 Å². The van der Waals surface area contributed by atoms with Crippen LogP contribution < -0.4 is 20.8 Å². The SMILES string of the molecule is Cc1ccc(OCCOc2cccn(CC(C)(C)N)c2=O)cc1. The van der Waals surface area contributed by atoms with Crippen molar-refractivity contribution < 1.29 is 9.47 Å². The molecular weight excluding hydrogens is 292 g/mol. The van der Waals surface area contributed by atoms with Gasteiger partial charge in [-0.15, -0.1) is 0 Å². The highest BCUT2D eigenvalue weighted by molar-refractivity contribution is 5.26. The van der Waals surface area contributed by atoms with Crippen molar-refractivity contribution in [1.29, 1.82) is 0 Å². The van der Waals surface area contributed by atoms with Crippen LogP contribution >= 0.6 is 0 Å². The molecule has 0 amide bonds. The summed E-state index contributed by atoms with van der Waals surface area (Å²) in [5.74, 6) is 1.10. The van der Waals surface area contributed by atoms with Crippen LogP contribution in [0.5, 0.6) is 11.5 Å². The van der Waals surface area contributed by atoms with Crippen LogP contribution in [0.1, 0.15) is 19.4 Å². The van der Waals surface area contributed by atoms with Gasteiger partial charge in [0.15, 0.2) is 5.75 Å². The maximum absolute atomic E-state index is 12.3. The van der Waals surface area contributed by atoms with E-state index in [1.54, 1.807) is 22.9 Å². The quantitative estimate of drug-likeness (QED) is 0.796. The van der Waals surface area contributed by atoms with Crippen LogP contribution in [0.3, 0.4) is 0 Å². The maximum atomic E-state index is 12.3. The van der Waals surface area contributed by atoms with Gasteiger partial charge in [-0.3, -0.25) is 4.79 Å². The molecular formula is C18H24N2O3. The standard InChI is InChI=1S/C18H24N2O3/c1-14-6-8-15(9-7-14)22-11-12-23-16-5-4-10-20(17(16)21)13-18(2,3)19/h4-10H,11-13,19H2,1-3H3. The lowest BCUT2D eigenvalue weighted by atomic mass is 10.1. The average molecular weight is 316 g/mol. The minimum atomic E-state index is -0.461. The Bertz CT molecular complexity index is 685. The Morgan fingerprint density at radius 3 is 2.39 bits per heavy atom. The van der Waals surface area contributed by atoms with Gasteiger partial charge >= 0.3 is 0 Å². The first-order valence-electron chi connectivity index (χ1n) is 7.66. The van der Waals surface area contributed by atoms with Gasteiger partial charge < -0.3 is 19.8 Å². The van der Waals surface area contributed by atoms with E-state index in [1.165, 1.54) is 5.56 Å². The third-order valence-corrected chi connectivity index (χ3v) is 3.19. The van der Waals surface area contributed by atoms with E-state index >= 15 is 0 Å². The number of nitrogens with zero attached hydrogens (tertiary/aromatic N) is 1. The molecule has 0 aliphatic heterocycles. The van der Waals surface area contributed by atoms with Crippen LogP contribution in [-0.4, -0.2) is 23.3 Å². The zero-order valence-corrected chi connectivity index (χ0v) is 13.9. The first-order valence-corrected chi connectivity index (χ1v) is 7.66. The lowest BCUT2D eigenvalue weighted by Gasteiger charge is -2.20. The Balaban J connectivity index is 1.89. The van der Waals surface area contributed by atoms with Crippen molar-refractivity contribution in [1.82, 2.24) is 4.57 Å². The summed E-state index contributed by atoms with van der Waals surface area (Å²) in [6.45, 7) is 6.89. The highest BCUT2D eigenvalue weighted by Gasteiger charge is 2.14. The van der Waals surface area contributed by atoms with Gasteiger partial charge in [-0.1, -0.05) is 17.7 Å². The van der Waals surface area contributed by atoms with Gasteiger partial charge in [-0.25, -0.2) is 0 Å². The van der Waals surface area contributed by atoms with Crippen molar-refractivity contribution in [3.8, 4) is 11.5 Å². The number of ether oxygens (including phenoxy) is 2. The number of aryl methyl sites for hydroxylation is 1. The summed E-state index contributed by atoms with van der Waals surface area (Å²) in [4.78, 5) is 12.3. The van der Waals surface area contributed by atoms with Gasteiger partial charge in [0.1, 0.15) is 19.0 Å². The summed E-state index contributed by atoms with van der Waals surface area (Å²) < 4.78 is 12.7. The average Bonchev–Trinajstić information content (AvgIpc) is 2.47. The fourth-order valence-electron chi connectivity index (χ4n) is 2.13. The van der Waals surface area contributed by atoms with Crippen molar-refractivity contribution in [3.63, 3.8) is 0 Å². The lowest BCUT2D eigenvalue weighted by Crippen LogP contribution is -2.40. The molecule has 124 valence electrons. The molecule has 2 rings (SSSR count). The number of benzene rings is 1. The summed E-state index contributed by atoms with van der Waals surface area (Å²) in [6, 6.07) is 11.2. The summed E-state index contributed by atoms with van der Waals surface area (Å²) >= 11 is 0. The first kappa shape index (κ1) is 17.1. The van der Waals surface area contributed by atoms with Gasteiger partial charge in [-0.2, -0.15) is 0 Å². The largest absolute Gasteiger partial charge is 0.490 e. The van der Waals surface area contributed by atoms with Crippen molar-refractivity contribution >= 4 is 0 Å². The van der Waals surface area contributed by atoms with Crippen molar-refractivity contribution in [3.05, 3.63) is 58.5 Å². The van der Waals surface area contributed by atoms with Gasteiger partial charge in [0.25, 0.3) is 5.56 Å². The molecule has 0 aliphatic carbocycles. The van der Waals surface area contributed by atoms with Crippen LogP contribution in [0.15, 0.2) is 47.4 Å². The molecule has 2 aromatic rings. The summed E-state index contributed by atoms with van der Waals surface area (Å²) in [5, 5.41) is 0. The van der Waals surface area contributed by atoms with Crippen LogP contribution in [0.25, 0.3) is 0 Å². The molecule has 23 heavy (non-hydrogen) atoms. The molecule has 5 heteroatoms. The molecule has 0 bridgehead atoms. The molecule has 0 saturated heterocycles. The molecule has 1 aromatic heterocycles. The summed E-state index contributed by atoms with van der Waals surface area (Å²) in [6.07, 6.45) is 1.71. The first-order chi connectivity index (χ1) is 10.8. The minimum Gasteiger partial charge on any atom is -0.490 e. The Kier molecular flexibility index (Phi) is 5.45. The number of nitrogens with two attached hydrogens (primary N) is 1. The Hall–Kier alpha value is -2.27. The van der Waals surface area contributed by atoms with Crippen LogP contribution in [0, 0.1) is 6.92 Å². The molecule has 2 N–H and O–H groups in total. The molecule has 0 atom stereocenters. The lowest BCUT2D eigenvalue weighted by molar-refractivity contribution is 0.214. The van der Waals surface area contributed by atoms with Gasteiger partial charge in [0.2, 0.25) is 0 Å². The second-order valence-corrected chi connectivity index (χ2v) is 6.30. The third-order valence-electron chi connectivity index (χ3n) is 3.19. The minimum absolute atomic E-state index is 0.179. The zero-order valence-electron chi connectivity index (χ0n) is 13.9. The van der Waals surface area contributed by atoms with E-state index < -0.39 is 5.54 Å². The van der Waals surface area contributed by atoms with E-state index in [4.69, 9.17) is 15.2 Å². The third kappa shape index (κ3) is 5.45. The zero-order chi connectivity index (χ0) is 16.9. The van der Waals surface area contributed by atoms with E-state index in [9.17, 15) is 4.79 Å². The molecule has 0 radical (unpaired) electrons. The monoisotopic (exact) mass is 316 g/mol. The van der Waals surface area contributed by atoms with E-state index in [0.717, 1.165) is 5.75 Å².